The first-order chi connectivity index (χ1) is 14.0. The SMILES string of the molecule is COC(=O)[C@@H]1[C@H]2NC(=S)N(c3ccccc3OC)[C@@]1(C)Oc1c(OC)cccc12. The molecule has 0 aliphatic carbocycles. The maximum atomic E-state index is 12.9. The van der Waals surface area contributed by atoms with Crippen molar-refractivity contribution in [2.24, 2.45) is 5.92 Å². The molecule has 0 radical (unpaired) electrons. The molecule has 1 saturated heterocycles. The largest absolute Gasteiger partial charge is 0.495 e. The number of benzene rings is 2. The molecule has 2 aliphatic rings. The zero-order valence-electron chi connectivity index (χ0n) is 16.6. The number of carbonyl (C=O) groups excluding carboxylic acids is 1. The van der Waals surface area contributed by atoms with Crippen molar-refractivity contribution >= 4 is 29.0 Å². The Balaban J connectivity index is 1.96. The van der Waals surface area contributed by atoms with Gasteiger partial charge >= 0.3 is 5.97 Å². The van der Waals surface area contributed by atoms with Crippen molar-refractivity contribution in [1.29, 1.82) is 0 Å². The van der Waals surface area contributed by atoms with E-state index in [0.29, 0.717) is 28.0 Å². The van der Waals surface area contributed by atoms with E-state index >= 15 is 0 Å². The number of hydrogen-bond donors (Lipinski definition) is 1. The number of para-hydroxylation sites is 3. The van der Waals surface area contributed by atoms with Crippen molar-refractivity contribution in [3.63, 3.8) is 0 Å². The average molecular weight is 414 g/mol. The van der Waals surface area contributed by atoms with E-state index in [0.717, 1.165) is 5.56 Å². The molecule has 2 heterocycles. The summed E-state index contributed by atoms with van der Waals surface area (Å²) < 4.78 is 22.7. The van der Waals surface area contributed by atoms with Crippen LogP contribution in [0.4, 0.5) is 5.69 Å². The average Bonchev–Trinajstić information content (AvgIpc) is 2.72. The monoisotopic (exact) mass is 414 g/mol. The molecular weight excluding hydrogens is 392 g/mol. The van der Waals surface area contributed by atoms with Crippen molar-refractivity contribution < 1.29 is 23.7 Å². The van der Waals surface area contributed by atoms with Gasteiger partial charge in [0.25, 0.3) is 0 Å². The summed E-state index contributed by atoms with van der Waals surface area (Å²) in [5.74, 6) is 0.660. The molecule has 3 atom stereocenters. The van der Waals surface area contributed by atoms with Crippen LogP contribution in [-0.2, 0) is 9.53 Å². The number of carbonyl (C=O) groups is 1. The second kappa shape index (κ2) is 7.11. The molecule has 0 spiro atoms. The number of hydrogen-bond acceptors (Lipinski definition) is 6. The molecule has 0 amide bonds. The molecule has 2 aromatic rings. The zero-order chi connectivity index (χ0) is 20.8. The van der Waals surface area contributed by atoms with Crippen LogP contribution in [0.25, 0.3) is 0 Å². The molecule has 0 saturated carbocycles. The van der Waals surface area contributed by atoms with Gasteiger partial charge in [0.1, 0.15) is 11.7 Å². The molecule has 8 heteroatoms. The predicted molar refractivity (Wildman–Crippen MR) is 111 cm³/mol. The fraction of sp³-hybridized carbons (Fsp3) is 0.333. The molecular formula is C21H22N2O5S. The number of rotatable bonds is 4. The summed E-state index contributed by atoms with van der Waals surface area (Å²) in [6, 6.07) is 12.6. The molecule has 152 valence electrons. The van der Waals surface area contributed by atoms with E-state index in [1.807, 2.05) is 49.4 Å². The Morgan fingerprint density at radius 3 is 2.48 bits per heavy atom. The Morgan fingerprint density at radius 2 is 1.79 bits per heavy atom. The highest BCUT2D eigenvalue weighted by molar-refractivity contribution is 7.80. The van der Waals surface area contributed by atoms with Gasteiger partial charge in [0.2, 0.25) is 5.72 Å². The summed E-state index contributed by atoms with van der Waals surface area (Å²) in [6.07, 6.45) is 0. The molecule has 2 aromatic carbocycles. The Labute approximate surface area is 174 Å². The smallest absolute Gasteiger partial charge is 0.317 e. The lowest BCUT2D eigenvalue weighted by molar-refractivity contribution is -0.157. The van der Waals surface area contributed by atoms with Crippen LogP contribution < -0.4 is 24.4 Å². The van der Waals surface area contributed by atoms with Gasteiger partial charge in [-0.15, -0.1) is 0 Å². The quantitative estimate of drug-likeness (QED) is 0.605. The maximum absolute atomic E-state index is 12.9. The second-order valence-corrected chi connectivity index (χ2v) is 7.36. The third-order valence-electron chi connectivity index (χ3n) is 5.49. The Hall–Kier alpha value is -3.00. The number of nitrogens with zero attached hydrogens (tertiary/aromatic N) is 1. The number of thiocarbonyl (C=S) groups is 1. The minimum absolute atomic E-state index is 0.402. The number of fused-ring (bicyclic) bond motifs is 4. The molecule has 0 unspecified atom stereocenters. The van der Waals surface area contributed by atoms with Gasteiger partial charge in [-0.3, -0.25) is 9.69 Å². The standard InChI is InChI=1S/C21H22N2O5S/c1-21-16(19(24)27-4)17(12-8-7-11-15(26-3)18(12)28-21)22-20(29)23(21)13-9-5-6-10-14(13)25-2/h5-11,16-17H,1-4H3,(H,22,29)/t16-,17-,21-/m0/s1. The molecule has 2 bridgehead atoms. The number of methoxy groups -OCH3 is 3. The van der Waals surface area contributed by atoms with Crippen LogP contribution in [0.2, 0.25) is 0 Å². The Bertz CT molecular complexity index is 981. The first kappa shape index (κ1) is 19.3. The molecule has 4 rings (SSSR count). The highest BCUT2D eigenvalue weighted by Gasteiger charge is 2.60. The van der Waals surface area contributed by atoms with E-state index in [1.165, 1.54) is 7.11 Å². The van der Waals surface area contributed by atoms with Crippen molar-refractivity contribution in [3.8, 4) is 17.2 Å². The lowest BCUT2D eigenvalue weighted by Gasteiger charge is -2.55. The van der Waals surface area contributed by atoms with Crippen LogP contribution in [-0.4, -0.2) is 38.1 Å². The predicted octanol–water partition coefficient (Wildman–Crippen LogP) is 3.04. The van der Waals surface area contributed by atoms with Gasteiger partial charge in [-0.25, -0.2) is 0 Å². The number of nitrogens with one attached hydrogen (secondary N) is 1. The van der Waals surface area contributed by atoms with Crippen molar-refractivity contribution in [1.82, 2.24) is 5.32 Å². The molecule has 7 nitrogen and oxygen atoms in total. The summed E-state index contributed by atoms with van der Waals surface area (Å²) in [7, 11) is 4.54. The van der Waals surface area contributed by atoms with Crippen LogP contribution in [0.1, 0.15) is 18.5 Å². The second-order valence-electron chi connectivity index (χ2n) is 6.97. The van der Waals surface area contributed by atoms with Gasteiger partial charge in [-0.05, 0) is 37.3 Å². The molecule has 29 heavy (non-hydrogen) atoms. The maximum Gasteiger partial charge on any atom is 0.317 e. The van der Waals surface area contributed by atoms with Crippen molar-refractivity contribution in [2.75, 3.05) is 26.2 Å². The van der Waals surface area contributed by atoms with Gasteiger partial charge in [-0.2, -0.15) is 0 Å². The highest BCUT2D eigenvalue weighted by atomic mass is 32.1. The lowest BCUT2D eigenvalue weighted by Crippen LogP contribution is -2.71. The van der Waals surface area contributed by atoms with E-state index in [4.69, 9.17) is 31.2 Å². The van der Waals surface area contributed by atoms with Crippen LogP contribution >= 0.6 is 12.2 Å². The number of esters is 1. The van der Waals surface area contributed by atoms with Crippen molar-refractivity contribution in [3.05, 3.63) is 48.0 Å². The van der Waals surface area contributed by atoms with Gasteiger partial charge in [0, 0.05) is 5.56 Å². The van der Waals surface area contributed by atoms with E-state index in [2.05, 4.69) is 5.32 Å². The summed E-state index contributed by atoms with van der Waals surface area (Å²) >= 11 is 5.70. The van der Waals surface area contributed by atoms with E-state index < -0.39 is 23.7 Å². The number of ether oxygens (including phenoxy) is 4. The summed E-state index contributed by atoms with van der Waals surface area (Å²) in [5, 5.41) is 3.74. The van der Waals surface area contributed by atoms with Crippen LogP contribution in [0.3, 0.4) is 0 Å². The minimum atomic E-state index is -1.17. The van der Waals surface area contributed by atoms with E-state index in [9.17, 15) is 4.79 Å². The fourth-order valence-corrected chi connectivity index (χ4v) is 4.60. The van der Waals surface area contributed by atoms with Crippen LogP contribution in [0.5, 0.6) is 17.2 Å². The minimum Gasteiger partial charge on any atom is -0.495 e. The third-order valence-corrected chi connectivity index (χ3v) is 5.79. The Kier molecular flexibility index (Phi) is 4.74. The van der Waals surface area contributed by atoms with Gasteiger partial charge < -0.3 is 24.3 Å². The molecule has 1 N–H and O–H groups in total. The van der Waals surface area contributed by atoms with Crippen LogP contribution in [0, 0.1) is 5.92 Å². The normalized spacial score (nSPS) is 24.7. The van der Waals surface area contributed by atoms with E-state index in [-0.39, 0.29) is 0 Å². The molecule has 0 aromatic heterocycles. The van der Waals surface area contributed by atoms with Gasteiger partial charge in [-0.1, -0.05) is 24.3 Å². The van der Waals surface area contributed by atoms with E-state index in [1.54, 1.807) is 19.1 Å². The summed E-state index contributed by atoms with van der Waals surface area (Å²) in [6.45, 7) is 1.83. The highest BCUT2D eigenvalue weighted by Crippen LogP contribution is 2.53. The van der Waals surface area contributed by atoms with Gasteiger partial charge in [0.05, 0.1) is 33.1 Å². The molecule has 2 aliphatic heterocycles. The molecule has 1 fully saturated rings. The number of anilines is 1. The van der Waals surface area contributed by atoms with Crippen LogP contribution in [0.15, 0.2) is 42.5 Å². The fourth-order valence-electron chi connectivity index (χ4n) is 4.20. The lowest BCUT2D eigenvalue weighted by atomic mass is 9.79. The summed E-state index contributed by atoms with van der Waals surface area (Å²) in [4.78, 5) is 14.7. The first-order valence-corrected chi connectivity index (χ1v) is 9.54. The Morgan fingerprint density at radius 1 is 1.10 bits per heavy atom. The van der Waals surface area contributed by atoms with Gasteiger partial charge in [0.15, 0.2) is 16.6 Å². The topological polar surface area (TPSA) is 69.3 Å². The zero-order valence-corrected chi connectivity index (χ0v) is 17.4. The first-order valence-electron chi connectivity index (χ1n) is 9.13. The van der Waals surface area contributed by atoms with Crippen molar-refractivity contribution in [2.45, 2.75) is 18.7 Å². The summed E-state index contributed by atoms with van der Waals surface area (Å²) in [5.41, 5.74) is 0.302. The third kappa shape index (κ3) is 2.78.